The molecule has 6 nitrogen and oxygen atoms in total. The molecular weight excluding hydrogens is 272 g/mol. The topological polar surface area (TPSA) is 81.4 Å². The average Bonchev–Trinajstić information content (AvgIpc) is 3.02. The molecule has 2 aromatic rings. The van der Waals surface area contributed by atoms with Crippen LogP contribution in [-0.4, -0.2) is 24.1 Å². The van der Waals surface area contributed by atoms with Crippen LogP contribution in [0.4, 0.5) is 5.69 Å². The summed E-state index contributed by atoms with van der Waals surface area (Å²) >= 11 is 0. The molecule has 21 heavy (non-hydrogen) atoms. The van der Waals surface area contributed by atoms with Crippen LogP contribution >= 0.6 is 0 Å². The molecule has 0 radical (unpaired) electrons. The normalized spacial score (nSPS) is 11.7. The minimum Gasteiger partial charge on any atom is -0.469 e. The van der Waals surface area contributed by atoms with E-state index < -0.39 is 0 Å². The van der Waals surface area contributed by atoms with Gasteiger partial charge in [-0.2, -0.15) is 0 Å². The Bertz CT molecular complexity index is 605. The average molecular weight is 288 g/mol. The van der Waals surface area contributed by atoms with Gasteiger partial charge in [0.2, 0.25) is 0 Å². The number of ether oxygens (including phenoxy) is 1. The number of aromatic nitrogens is 1. The number of nitrogens with zero attached hydrogens (tertiary/aromatic N) is 1. The number of nitrogens with one attached hydrogen (secondary N) is 1. The number of benzene rings is 1. The van der Waals surface area contributed by atoms with Crippen LogP contribution in [0, 0.1) is 5.92 Å². The first-order valence-corrected chi connectivity index (χ1v) is 6.48. The number of esters is 1. The highest BCUT2D eigenvalue weighted by Gasteiger charge is 2.14. The van der Waals surface area contributed by atoms with Crippen LogP contribution in [0.2, 0.25) is 0 Å². The van der Waals surface area contributed by atoms with Gasteiger partial charge >= 0.3 is 5.97 Å². The predicted molar refractivity (Wildman–Crippen MR) is 75.8 cm³/mol. The molecule has 0 unspecified atom stereocenters. The number of methoxy groups -OCH3 is 1. The first-order chi connectivity index (χ1) is 10.1. The number of hydrogen-bond donors (Lipinski definition) is 1. The molecular formula is C15H16N2O4. The highest BCUT2D eigenvalue weighted by molar-refractivity contribution is 6.02. The second-order valence-electron chi connectivity index (χ2n) is 4.66. The van der Waals surface area contributed by atoms with Crippen molar-refractivity contribution in [3.05, 3.63) is 47.9 Å². The summed E-state index contributed by atoms with van der Waals surface area (Å²) in [6.07, 6.45) is 1.93. The summed E-state index contributed by atoms with van der Waals surface area (Å²) < 4.78 is 9.30. The molecule has 1 heterocycles. The molecule has 6 heteroatoms. The molecule has 0 fully saturated rings. The van der Waals surface area contributed by atoms with E-state index in [1.807, 2.05) is 19.1 Å². The zero-order valence-corrected chi connectivity index (χ0v) is 11.8. The van der Waals surface area contributed by atoms with Gasteiger partial charge in [0.05, 0.1) is 13.0 Å². The fraction of sp³-hybridized carbons (Fsp3) is 0.267. The fourth-order valence-corrected chi connectivity index (χ4v) is 1.89. The molecule has 1 aromatic heterocycles. The monoisotopic (exact) mass is 288 g/mol. The lowest BCUT2D eigenvalue weighted by Gasteiger charge is -2.09. The molecule has 0 aliphatic rings. The van der Waals surface area contributed by atoms with Crippen LogP contribution < -0.4 is 5.32 Å². The van der Waals surface area contributed by atoms with Crippen LogP contribution in [0.5, 0.6) is 0 Å². The Morgan fingerprint density at radius 1 is 1.29 bits per heavy atom. The molecule has 1 atom stereocenters. The Balaban J connectivity index is 1.96. The predicted octanol–water partition coefficient (Wildman–Crippen LogP) is 2.28. The van der Waals surface area contributed by atoms with E-state index in [1.54, 1.807) is 12.1 Å². The molecule has 1 amide bonds. The van der Waals surface area contributed by atoms with Gasteiger partial charge < -0.3 is 14.6 Å². The number of anilines is 1. The number of rotatable bonds is 5. The third-order valence-electron chi connectivity index (χ3n) is 3.03. The van der Waals surface area contributed by atoms with Crippen molar-refractivity contribution < 1.29 is 18.8 Å². The summed E-state index contributed by atoms with van der Waals surface area (Å²) in [4.78, 5) is 23.1. The Morgan fingerprint density at radius 3 is 2.57 bits per heavy atom. The van der Waals surface area contributed by atoms with E-state index in [-0.39, 0.29) is 23.5 Å². The fourth-order valence-electron chi connectivity index (χ4n) is 1.89. The van der Waals surface area contributed by atoms with Gasteiger partial charge in [0, 0.05) is 11.8 Å². The van der Waals surface area contributed by atoms with E-state index in [1.165, 1.54) is 19.4 Å². The molecule has 0 spiro atoms. The van der Waals surface area contributed by atoms with Crippen molar-refractivity contribution in [3.63, 3.8) is 0 Å². The van der Waals surface area contributed by atoms with Crippen LogP contribution in [0.15, 0.2) is 41.1 Å². The van der Waals surface area contributed by atoms with E-state index in [0.717, 1.165) is 5.56 Å². The minimum absolute atomic E-state index is 0.203. The largest absolute Gasteiger partial charge is 0.469 e. The third kappa shape index (κ3) is 3.92. The maximum atomic E-state index is 11.8. The van der Waals surface area contributed by atoms with Gasteiger partial charge in [-0.1, -0.05) is 24.2 Å². The van der Waals surface area contributed by atoms with Gasteiger partial charge in [-0.25, -0.2) is 0 Å². The van der Waals surface area contributed by atoms with Gasteiger partial charge in [-0.3, -0.25) is 9.59 Å². The van der Waals surface area contributed by atoms with Gasteiger partial charge in [0.15, 0.2) is 5.69 Å². The molecule has 0 bridgehead atoms. The first-order valence-electron chi connectivity index (χ1n) is 6.48. The highest BCUT2D eigenvalue weighted by Crippen LogP contribution is 2.14. The minimum atomic E-state index is -0.334. The van der Waals surface area contributed by atoms with E-state index in [2.05, 4.69) is 15.0 Å². The summed E-state index contributed by atoms with van der Waals surface area (Å²) in [6.45, 7) is 1.81. The molecule has 110 valence electrons. The zero-order valence-electron chi connectivity index (χ0n) is 11.8. The quantitative estimate of drug-likeness (QED) is 0.854. The summed E-state index contributed by atoms with van der Waals surface area (Å²) in [7, 11) is 1.38. The van der Waals surface area contributed by atoms with Gasteiger partial charge in [-0.15, -0.1) is 0 Å². The molecule has 0 saturated carbocycles. The second-order valence-corrected chi connectivity index (χ2v) is 4.66. The SMILES string of the molecule is COC(=O)[C@H](C)Cc1ccc(NC(=O)c2ccon2)cc1. The lowest BCUT2D eigenvalue weighted by atomic mass is 10.0. The molecule has 1 N–H and O–H groups in total. The summed E-state index contributed by atoms with van der Waals surface area (Å²) in [5.41, 5.74) is 1.86. The van der Waals surface area contributed by atoms with Crippen LogP contribution in [0.25, 0.3) is 0 Å². The molecule has 0 aliphatic carbocycles. The molecule has 0 aliphatic heterocycles. The lowest BCUT2D eigenvalue weighted by Crippen LogP contribution is -2.15. The van der Waals surface area contributed by atoms with Crippen molar-refractivity contribution in [2.24, 2.45) is 5.92 Å². The molecule has 2 rings (SSSR count). The second kappa shape index (κ2) is 6.69. The van der Waals surface area contributed by atoms with Gasteiger partial charge in [0.1, 0.15) is 6.26 Å². The van der Waals surface area contributed by atoms with Gasteiger partial charge in [-0.05, 0) is 24.1 Å². The first kappa shape index (κ1) is 14.8. The Labute approximate surface area is 122 Å². The Morgan fingerprint density at radius 2 is 2.00 bits per heavy atom. The lowest BCUT2D eigenvalue weighted by molar-refractivity contribution is -0.144. The van der Waals surface area contributed by atoms with Crippen molar-refractivity contribution in [1.29, 1.82) is 0 Å². The van der Waals surface area contributed by atoms with Crippen LogP contribution in [-0.2, 0) is 16.0 Å². The van der Waals surface area contributed by atoms with Crippen molar-refractivity contribution in [3.8, 4) is 0 Å². The van der Waals surface area contributed by atoms with Crippen molar-refractivity contribution >= 4 is 17.6 Å². The van der Waals surface area contributed by atoms with Crippen molar-refractivity contribution in [2.75, 3.05) is 12.4 Å². The zero-order chi connectivity index (χ0) is 15.2. The molecule has 0 saturated heterocycles. The van der Waals surface area contributed by atoms with Gasteiger partial charge in [0.25, 0.3) is 5.91 Å². The summed E-state index contributed by atoms with van der Waals surface area (Å²) in [6, 6.07) is 8.76. The van der Waals surface area contributed by atoms with Crippen LogP contribution in [0.1, 0.15) is 23.0 Å². The Kier molecular flexibility index (Phi) is 4.71. The number of hydrogen-bond acceptors (Lipinski definition) is 5. The smallest absolute Gasteiger partial charge is 0.308 e. The van der Waals surface area contributed by atoms with Crippen LogP contribution in [0.3, 0.4) is 0 Å². The van der Waals surface area contributed by atoms with E-state index >= 15 is 0 Å². The standard InChI is InChI=1S/C15H16N2O4/c1-10(15(19)20-2)9-11-3-5-12(6-4-11)16-14(18)13-7-8-21-17-13/h3-8,10H,9H2,1-2H3,(H,16,18)/t10-/m1/s1. The maximum absolute atomic E-state index is 11.8. The van der Waals surface area contributed by atoms with E-state index in [4.69, 9.17) is 4.74 Å². The number of carbonyl (C=O) groups is 2. The number of amides is 1. The van der Waals surface area contributed by atoms with Crippen molar-refractivity contribution in [1.82, 2.24) is 5.16 Å². The summed E-state index contributed by atoms with van der Waals surface area (Å²) in [5, 5.41) is 6.27. The maximum Gasteiger partial charge on any atom is 0.308 e. The highest BCUT2D eigenvalue weighted by atomic mass is 16.5. The third-order valence-corrected chi connectivity index (χ3v) is 3.03. The number of carbonyl (C=O) groups excluding carboxylic acids is 2. The van der Waals surface area contributed by atoms with E-state index in [9.17, 15) is 9.59 Å². The Hall–Kier alpha value is -2.63. The van der Waals surface area contributed by atoms with Crippen molar-refractivity contribution in [2.45, 2.75) is 13.3 Å². The summed E-state index contributed by atoms with van der Waals surface area (Å²) in [5.74, 6) is -0.775. The molecule has 1 aromatic carbocycles. The van der Waals surface area contributed by atoms with E-state index in [0.29, 0.717) is 12.1 Å².